The summed E-state index contributed by atoms with van der Waals surface area (Å²) in [4.78, 5) is 4.56. The van der Waals surface area contributed by atoms with Crippen molar-refractivity contribution in [2.24, 2.45) is 0 Å². The van der Waals surface area contributed by atoms with Crippen molar-refractivity contribution in [2.45, 2.75) is 25.2 Å². The highest BCUT2D eigenvalue weighted by Crippen LogP contribution is 2.40. The van der Waals surface area contributed by atoms with Gasteiger partial charge in [-0.3, -0.25) is 0 Å². The van der Waals surface area contributed by atoms with Crippen LogP contribution in [0, 0.1) is 0 Å². The molecule has 0 saturated carbocycles. The molecule has 0 saturated heterocycles. The number of aromatic hydroxyl groups is 1. The van der Waals surface area contributed by atoms with E-state index in [2.05, 4.69) is 20.5 Å². The summed E-state index contributed by atoms with van der Waals surface area (Å²) in [6.07, 6.45) is -0.529. The maximum absolute atomic E-state index is 10.0. The fraction of sp³-hybridized carbons (Fsp3) is 0.250. The van der Waals surface area contributed by atoms with Crippen molar-refractivity contribution in [3.8, 4) is 28.6 Å². The summed E-state index contributed by atoms with van der Waals surface area (Å²) in [5.41, 5.74) is 3.13. The monoisotopic (exact) mass is 396 g/mol. The van der Waals surface area contributed by atoms with Gasteiger partial charge in [0.15, 0.2) is 23.4 Å². The molecule has 0 aliphatic carbocycles. The van der Waals surface area contributed by atoms with Gasteiger partial charge in [0.05, 0.1) is 6.61 Å². The quantitative estimate of drug-likeness (QED) is 0.619. The Hall–Kier alpha value is -3.00. The first kappa shape index (κ1) is 18.4. The first-order chi connectivity index (χ1) is 13.7. The van der Waals surface area contributed by atoms with Crippen molar-refractivity contribution in [1.82, 2.24) is 15.2 Å². The molecule has 1 atom stereocenters. The van der Waals surface area contributed by atoms with Gasteiger partial charge in [-0.05, 0) is 36.9 Å². The standard InChI is InChI=1S/C20H20N4O3S/c1-3-26-16-11-12(9-10-15(16)25)18-21-14-8-6-5-7-13(14)17-19(27-18)22-20(24-23-17)28-4-2/h5-11,18,21,25H,3-4H2,1-2H3/t18-/m1/s1. The number of aromatic nitrogens is 3. The molecule has 0 amide bonds. The molecule has 0 spiro atoms. The molecule has 0 unspecified atom stereocenters. The van der Waals surface area contributed by atoms with Crippen molar-refractivity contribution < 1.29 is 14.6 Å². The SMILES string of the molecule is CCOc1cc([C@@H]2Nc3ccccc3-c3nnc(SCC)nc3O2)ccc1O. The number of benzene rings is 2. The number of phenolic OH excluding ortho intramolecular Hbond substituents is 1. The highest BCUT2D eigenvalue weighted by molar-refractivity contribution is 7.99. The van der Waals surface area contributed by atoms with Crippen molar-refractivity contribution >= 4 is 17.4 Å². The predicted molar refractivity (Wildman–Crippen MR) is 108 cm³/mol. The Bertz CT molecular complexity index is 999. The van der Waals surface area contributed by atoms with Crippen LogP contribution in [0.3, 0.4) is 0 Å². The van der Waals surface area contributed by atoms with Gasteiger partial charge in [-0.2, -0.15) is 4.98 Å². The Kier molecular flexibility index (Phi) is 5.21. The molecule has 144 valence electrons. The summed E-state index contributed by atoms with van der Waals surface area (Å²) in [5.74, 6) is 1.75. The second kappa shape index (κ2) is 7.93. The van der Waals surface area contributed by atoms with E-state index in [0.717, 1.165) is 22.6 Å². The zero-order chi connectivity index (χ0) is 19.5. The maximum Gasteiger partial charge on any atom is 0.247 e. The third-order valence-electron chi connectivity index (χ3n) is 4.19. The normalized spacial score (nSPS) is 14.9. The van der Waals surface area contributed by atoms with Gasteiger partial charge in [-0.25, -0.2) is 0 Å². The van der Waals surface area contributed by atoms with Crippen molar-refractivity contribution in [3.63, 3.8) is 0 Å². The summed E-state index contributed by atoms with van der Waals surface area (Å²) in [6, 6.07) is 13.0. The summed E-state index contributed by atoms with van der Waals surface area (Å²) in [6.45, 7) is 4.36. The van der Waals surface area contributed by atoms with Crippen LogP contribution < -0.4 is 14.8 Å². The number of nitrogens with zero attached hydrogens (tertiary/aromatic N) is 3. The van der Waals surface area contributed by atoms with Gasteiger partial charge in [-0.15, -0.1) is 10.2 Å². The molecule has 28 heavy (non-hydrogen) atoms. The van der Waals surface area contributed by atoms with Crippen LogP contribution >= 0.6 is 11.8 Å². The predicted octanol–water partition coefficient (Wildman–Crippen LogP) is 4.26. The van der Waals surface area contributed by atoms with Gasteiger partial charge >= 0.3 is 0 Å². The van der Waals surface area contributed by atoms with E-state index >= 15 is 0 Å². The third kappa shape index (κ3) is 3.55. The lowest BCUT2D eigenvalue weighted by Gasteiger charge is -2.20. The molecule has 0 radical (unpaired) electrons. The Morgan fingerprint density at radius 1 is 1.18 bits per heavy atom. The lowest BCUT2D eigenvalue weighted by atomic mass is 10.1. The highest BCUT2D eigenvalue weighted by atomic mass is 32.2. The number of fused-ring (bicyclic) bond motifs is 3. The molecule has 2 aromatic carbocycles. The average molecular weight is 396 g/mol. The summed E-state index contributed by atoms with van der Waals surface area (Å²) >= 11 is 1.51. The molecule has 1 aliphatic rings. The number of phenols is 1. The average Bonchev–Trinajstić information content (AvgIpc) is 2.86. The molecular formula is C20H20N4O3S. The van der Waals surface area contributed by atoms with E-state index < -0.39 is 6.23 Å². The molecule has 2 N–H and O–H groups in total. The van der Waals surface area contributed by atoms with Gasteiger partial charge < -0.3 is 19.9 Å². The van der Waals surface area contributed by atoms with Crippen molar-refractivity contribution in [3.05, 3.63) is 48.0 Å². The second-order valence-corrected chi connectivity index (χ2v) is 7.26. The first-order valence-corrected chi connectivity index (χ1v) is 10.0. The molecular weight excluding hydrogens is 376 g/mol. The maximum atomic E-state index is 10.0. The zero-order valence-corrected chi connectivity index (χ0v) is 16.4. The molecule has 0 fully saturated rings. The molecule has 3 aromatic rings. The smallest absolute Gasteiger partial charge is 0.247 e. The number of hydrogen-bond donors (Lipinski definition) is 2. The Labute approximate surface area is 167 Å². The number of hydrogen-bond acceptors (Lipinski definition) is 8. The minimum atomic E-state index is -0.529. The topological polar surface area (TPSA) is 89.4 Å². The number of rotatable bonds is 5. The largest absolute Gasteiger partial charge is 0.504 e. The minimum Gasteiger partial charge on any atom is -0.504 e. The summed E-state index contributed by atoms with van der Waals surface area (Å²) in [7, 11) is 0. The highest BCUT2D eigenvalue weighted by Gasteiger charge is 2.26. The van der Waals surface area contributed by atoms with Gasteiger partial charge in [-0.1, -0.05) is 36.9 Å². The van der Waals surface area contributed by atoms with Crippen LogP contribution in [-0.4, -0.2) is 32.6 Å². The van der Waals surface area contributed by atoms with Gasteiger partial charge in [0.25, 0.3) is 0 Å². The van der Waals surface area contributed by atoms with E-state index in [1.165, 1.54) is 11.8 Å². The van der Waals surface area contributed by atoms with Crippen LogP contribution in [0.2, 0.25) is 0 Å². The second-order valence-electron chi connectivity index (χ2n) is 6.03. The number of anilines is 1. The van der Waals surface area contributed by atoms with Crippen LogP contribution in [0.25, 0.3) is 11.3 Å². The lowest BCUT2D eigenvalue weighted by molar-refractivity contribution is 0.224. The molecule has 1 aromatic heterocycles. The van der Waals surface area contributed by atoms with E-state index in [-0.39, 0.29) is 5.75 Å². The zero-order valence-electron chi connectivity index (χ0n) is 15.5. The van der Waals surface area contributed by atoms with Crippen LogP contribution in [-0.2, 0) is 0 Å². The molecule has 0 bridgehead atoms. The van der Waals surface area contributed by atoms with E-state index in [9.17, 15) is 5.11 Å². The minimum absolute atomic E-state index is 0.0886. The lowest BCUT2D eigenvalue weighted by Crippen LogP contribution is -2.17. The van der Waals surface area contributed by atoms with Gasteiger partial charge in [0.1, 0.15) is 0 Å². The Morgan fingerprint density at radius 3 is 2.86 bits per heavy atom. The van der Waals surface area contributed by atoms with E-state index in [1.54, 1.807) is 18.2 Å². The van der Waals surface area contributed by atoms with Crippen molar-refractivity contribution in [1.29, 1.82) is 0 Å². The third-order valence-corrected chi connectivity index (χ3v) is 4.91. The molecule has 4 rings (SSSR count). The Morgan fingerprint density at radius 2 is 2.04 bits per heavy atom. The molecule has 2 heterocycles. The van der Waals surface area contributed by atoms with Crippen LogP contribution in [0.5, 0.6) is 17.4 Å². The Balaban J connectivity index is 1.79. The fourth-order valence-corrected chi connectivity index (χ4v) is 3.46. The molecule has 7 nitrogen and oxygen atoms in total. The van der Waals surface area contributed by atoms with Crippen LogP contribution in [0.4, 0.5) is 5.69 Å². The van der Waals surface area contributed by atoms with Gasteiger partial charge in [0, 0.05) is 16.8 Å². The van der Waals surface area contributed by atoms with Crippen LogP contribution in [0.15, 0.2) is 47.6 Å². The van der Waals surface area contributed by atoms with E-state index in [4.69, 9.17) is 9.47 Å². The van der Waals surface area contributed by atoms with Crippen molar-refractivity contribution in [2.75, 3.05) is 17.7 Å². The van der Waals surface area contributed by atoms with Gasteiger partial charge in [0.2, 0.25) is 11.0 Å². The fourth-order valence-electron chi connectivity index (χ4n) is 2.95. The van der Waals surface area contributed by atoms with E-state index in [0.29, 0.717) is 29.1 Å². The summed E-state index contributed by atoms with van der Waals surface area (Å²) in [5, 5.41) is 22.5. The number of nitrogens with one attached hydrogen (secondary N) is 1. The van der Waals surface area contributed by atoms with Crippen LogP contribution in [0.1, 0.15) is 25.6 Å². The first-order valence-electron chi connectivity index (χ1n) is 9.05. The number of ether oxygens (including phenoxy) is 2. The number of para-hydroxylation sites is 1. The molecule has 1 aliphatic heterocycles. The molecule has 8 heteroatoms. The number of thioether (sulfide) groups is 1. The summed E-state index contributed by atoms with van der Waals surface area (Å²) < 4.78 is 11.7. The van der Waals surface area contributed by atoms with E-state index in [1.807, 2.05) is 38.1 Å².